The van der Waals surface area contributed by atoms with Crippen molar-refractivity contribution in [3.63, 3.8) is 0 Å². The van der Waals surface area contributed by atoms with Gasteiger partial charge in [0.2, 0.25) is 11.7 Å². The van der Waals surface area contributed by atoms with Crippen LogP contribution in [0.25, 0.3) is 11.4 Å². The van der Waals surface area contributed by atoms with Crippen LogP contribution in [0, 0.1) is 0 Å². The third-order valence-corrected chi connectivity index (χ3v) is 3.87. The van der Waals surface area contributed by atoms with E-state index in [2.05, 4.69) is 22.0 Å². The Bertz CT molecular complexity index is 572. The van der Waals surface area contributed by atoms with E-state index in [1.54, 1.807) is 6.20 Å². The van der Waals surface area contributed by atoms with Gasteiger partial charge in [0.05, 0.1) is 5.54 Å². The van der Waals surface area contributed by atoms with Gasteiger partial charge in [-0.25, -0.2) is 0 Å². The Hall–Kier alpha value is -1.75. The highest BCUT2D eigenvalue weighted by molar-refractivity contribution is 5.58. The summed E-state index contributed by atoms with van der Waals surface area (Å²) in [7, 11) is 0. The number of nitrogens with two attached hydrogens (primary N) is 1. The van der Waals surface area contributed by atoms with E-state index in [-0.39, 0.29) is 0 Å². The summed E-state index contributed by atoms with van der Waals surface area (Å²) in [5, 5.41) is 4.09. The summed E-state index contributed by atoms with van der Waals surface area (Å²) in [4.78, 5) is 8.64. The van der Waals surface area contributed by atoms with Crippen LogP contribution in [0.1, 0.15) is 44.1 Å². The minimum atomic E-state index is -0.426. The van der Waals surface area contributed by atoms with Gasteiger partial charge < -0.3 is 10.3 Å². The van der Waals surface area contributed by atoms with E-state index in [1.165, 1.54) is 0 Å². The van der Waals surface area contributed by atoms with Crippen LogP contribution in [0.5, 0.6) is 0 Å². The van der Waals surface area contributed by atoms with E-state index < -0.39 is 5.54 Å². The SMILES string of the molecule is CCc1cnccc1-c1noc(C2(N)CCCC2)n1. The van der Waals surface area contributed by atoms with Crippen molar-refractivity contribution in [1.82, 2.24) is 15.1 Å². The molecule has 3 rings (SSSR count). The van der Waals surface area contributed by atoms with Crippen molar-refractivity contribution in [2.24, 2.45) is 5.73 Å². The third-order valence-electron chi connectivity index (χ3n) is 3.87. The first-order valence-electron chi connectivity index (χ1n) is 6.79. The summed E-state index contributed by atoms with van der Waals surface area (Å²) in [5.41, 5.74) is 8.01. The number of hydrogen-bond donors (Lipinski definition) is 1. The maximum Gasteiger partial charge on any atom is 0.247 e. The molecule has 19 heavy (non-hydrogen) atoms. The highest BCUT2D eigenvalue weighted by Crippen LogP contribution is 2.36. The average molecular weight is 258 g/mol. The van der Waals surface area contributed by atoms with Gasteiger partial charge in [-0.1, -0.05) is 24.9 Å². The lowest BCUT2D eigenvalue weighted by Crippen LogP contribution is -2.33. The Morgan fingerprint density at radius 2 is 2.16 bits per heavy atom. The highest BCUT2D eigenvalue weighted by Gasteiger charge is 2.37. The molecular formula is C14H18N4O. The normalized spacial score (nSPS) is 17.8. The molecule has 0 spiro atoms. The molecule has 0 atom stereocenters. The quantitative estimate of drug-likeness (QED) is 0.914. The number of hydrogen-bond acceptors (Lipinski definition) is 5. The molecule has 2 aromatic rings. The molecule has 0 amide bonds. The molecule has 0 aliphatic heterocycles. The third kappa shape index (κ3) is 2.14. The maximum atomic E-state index is 6.33. The van der Waals surface area contributed by atoms with Crippen LogP contribution >= 0.6 is 0 Å². The second-order valence-corrected chi connectivity index (χ2v) is 5.17. The van der Waals surface area contributed by atoms with Crippen LogP contribution in [0.4, 0.5) is 0 Å². The second-order valence-electron chi connectivity index (χ2n) is 5.17. The molecule has 100 valence electrons. The minimum absolute atomic E-state index is 0.426. The van der Waals surface area contributed by atoms with Gasteiger partial charge in [-0.2, -0.15) is 4.98 Å². The molecule has 0 aromatic carbocycles. The van der Waals surface area contributed by atoms with Crippen LogP contribution in [-0.2, 0) is 12.0 Å². The first kappa shape index (κ1) is 12.3. The lowest BCUT2D eigenvalue weighted by atomic mass is 9.99. The van der Waals surface area contributed by atoms with Crippen LogP contribution in [0.2, 0.25) is 0 Å². The first-order chi connectivity index (χ1) is 9.23. The largest absolute Gasteiger partial charge is 0.337 e. The van der Waals surface area contributed by atoms with Crippen molar-refractivity contribution in [3.8, 4) is 11.4 Å². The Morgan fingerprint density at radius 3 is 2.89 bits per heavy atom. The Labute approximate surface area is 112 Å². The monoisotopic (exact) mass is 258 g/mol. The molecule has 2 aromatic heterocycles. The van der Waals surface area contributed by atoms with E-state index in [0.717, 1.165) is 43.2 Å². The molecule has 0 saturated heterocycles. The number of pyridine rings is 1. The van der Waals surface area contributed by atoms with E-state index in [9.17, 15) is 0 Å². The molecule has 2 heterocycles. The summed E-state index contributed by atoms with van der Waals surface area (Å²) >= 11 is 0. The molecule has 1 aliphatic rings. The molecule has 0 unspecified atom stereocenters. The van der Waals surface area contributed by atoms with Crippen molar-refractivity contribution < 1.29 is 4.52 Å². The standard InChI is InChI=1S/C14H18N4O/c1-2-10-9-16-8-5-11(10)12-17-13(19-18-12)14(15)6-3-4-7-14/h5,8-9H,2-4,6-7,15H2,1H3. The Balaban J connectivity index is 1.97. The van der Waals surface area contributed by atoms with Crippen LogP contribution in [-0.4, -0.2) is 15.1 Å². The number of aryl methyl sites for hydroxylation is 1. The summed E-state index contributed by atoms with van der Waals surface area (Å²) in [6.45, 7) is 2.09. The van der Waals surface area contributed by atoms with Gasteiger partial charge >= 0.3 is 0 Å². The van der Waals surface area contributed by atoms with Crippen molar-refractivity contribution in [3.05, 3.63) is 29.9 Å². The lowest BCUT2D eigenvalue weighted by Gasteiger charge is -2.17. The Kier molecular flexibility index (Phi) is 3.06. The predicted molar refractivity (Wildman–Crippen MR) is 71.2 cm³/mol. The molecular weight excluding hydrogens is 240 g/mol. The molecule has 0 bridgehead atoms. The van der Waals surface area contributed by atoms with Crippen molar-refractivity contribution in [1.29, 1.82) is 0 Å². The smallest absolute Gasteiger partial charge is 0.247 e. The molecule has 1 aliphatic carbocycles. The maximum absolute atomic E-state index is 6.33. The van der Waals surface area contributed by atoms with E-state index >= 15 is 0 Å². The topological polar surface area (TPSA) is 77.8 Å². The predicted octanol–water partition coefficient (Wildman–Crippen LogP) is 2.42. The molecule has 5 heteroatoms. The lowest BCUT2D eigenvalue weighted by molar-refractivity contribution is 0.285. The van der Waals surface area contributed by atoms with Crippen molar-refractivity contribution >= 4 is 0 Å². The van der Waals surface area contributed by atoms with Gasteiger partial charge in [-0.05, 0) is 30.9 Å². The van der Waals surface area contributed by atoms with E-state index in [4.69, 9.17) is 10.3 Å². The molecule has 2 N–H and O–H groups in total. The van der Waals surface area contributed by atoms with Gasteiger partial charge in [0.25, 0.3) is 0 Å². The fourth-order valence-corrected chi connectivity index (χ4v) is 2.68. The molecule has 1 fully saturated rings. The van der Waals surface area contributed by atoms with Crippen molar-refractivity contribution in [2.75, 3.05) is 0 Å². The van der Waals surface area contributed by atoms with Gasteiger partial charge in [0, 0.05) is 18.0 Å². The van der Waals surface area contributed by atoms with E-state index in [1.807, 2.05) is 12.3 Å². The van der Waals surface area contributed by atoms with E-state index in [0.29, 0.717) is 11.7 Å². The fraction of sp³-hybridized carbons (Fsp3) is 0.500. The zero-order valence-corrected chi connectivity index (χ0v) is 11.1. The number of rotatable bonds is 3. The van der Waals surface area contributed by atoms with Gasteiger partial charge in [0.15, 0.2) is 0 Å². The molecule has 5 nitrogen and oxygen atoms in total. The summed E-state index contributed by atoms with van der Waals surface area (Å²) in [5.74, 6) is 1.19. The van der Waals surface area contributed by atoms with Crippen LogP contribution in [0.3, 0.4) is 0 Å². The fourth-order valence-electron chi connectivity index (χ4n) is 2.68. The van der Waals surface area contributed by atoms with Crippen molar-refractivity contribution in [2.45, 2.75) is 44.6 Å². The second kappa shape index (κ2) is 4.74. The highest BCUT2D eigenvalue weighted by atomic mass is 16.5. The summed E-state index contributed by atoms with van der Waals surface area (Å²) in [6.07, 6.45) is 8.59. The van der Waals surface area contributed by atoms with Gasteiger partial charge in [-0.15, -0.1) is 0 Å². The number of nitrogens with zero attached hydrogens (tertiary/aromatic N) is 3. The first-order valence-corrected chi connectivity index (χ1v) is 6.79. The Morgan fingerprint density at radius 1 is 1.37 bits per heavy atom. The average Bonchev–Trinajstić information content (AvgIpc) is 3.08. The van der Waals surface area contributed by atoms with Crippen LogP contribution in [0.15, 0.2) is 23.0 Å². The number of aromatic nitrogens is 3. The molecule has 0 radical (unpaired) electrons. The molecule has 1 saturated carbocycles. The van der Waals surface area contributed by atoms with Gasteiger partial charge in [0.1, 0.15) is 0 Å². The van der Waals surface area contributed by atoms with Gasteiger partial charge in [-0.3, -0.25) is 4.98 Å². The zero-order valence-electron chi connectivity index (χ0n) is 11.1. The zero-order chi connectivity index (χ0) is 13.3. The van der Waals surface area contributed by atoms with Crippen LogP contribution < -0.4 is 5.73 Å². The summed E-state index contributed by atoms with van der Waals surface area (Å²) < 4.78 is 5.40. The minimum Gasteiger partial charge on any atom is -0.337 e. The summed E-state index contributed by atoms with van der Waals surface area (Å²) in [6, 6.07) is 1.92.